The fraction of sp³-hybridized carbons (Fsp3) is 0.632. The summed E-state index contributed by atoms with van der Waals surface area (Å²) >= 11 is 0. The Labute approximate surface area is 142 Å². The monoisotopic (exact) mass is 328 g/mol. The summed E-state index contributed by atoms with van der Waals surface area (Å²) < 4.78 is 6.29. The van der Waals surface area contributed by atoms with Crippen molar-refractivity contribution in [2.75, 3.05) is 18.8 Å². The molecular weight excluding hydrogens is 304 g/mol. The molecule has 6 rings (SSSR count). The van der Waals surface area contributed by atoms with E-state index in [1.807, 2.05) is 18.2 Å². The molecular formula is C19H24N2O3. The zero-order valence-electron chi connectivity index (χ0n) is 14.2. The number of para-hydroxylation sites is 1. The molecule has 128 valence electrons. The number of rotatable bonds is 2. The van der Waals surface area contributed by atoms with Gasteiger partial charge in [0.2, 0.25) is 0 Å². The van der Waals surface area contributed by atoms with Crippen LogP contribution in [0.3, 0.4) is 0 Å². The lowest BCUT2D eigenvalue weighted by Crippen LogP contribution is -2.53. The molecule has 0 radical (unpaired) electrons. The Morgan fingerprint density at radius 3 is 3.00 bits per heavy atom. The summed E-state index contributed by atoms with van der Waals surface area (Å²) in [6.07, 6.45) is 2.87. The highest BCUT2D eigenvalue weighted by Crippen LogP contribution is 2.56. The predicted octanol–water partition coefficient (Wildman–Crippen LogP) is 2.01. The molecule has 1 aromatic carbocycles. The van der Waals surface area contributed by atoms with Crippen molar-refractivity contribution in [3.63, 3.8) is 0 Å². The molecule has 5 heteroatoms. The maximum atomic E-state index is 13.4. The van der Waals surface area contributed by atoms with Gasteiger partial charge in [0.15, 0.2) is 0 Å². The fourth-order valence-electron chi connectivity index (χ4n) is 5.82. The summed E-state index contributed by atoms with van der Waals surface area (Å²) in [5, 5.41) is 5.29. The topological polar surface area (TPSA) is 50.8 Å². The van der Waals surface area contributed by atoms with Crippen molar-refractivity contribution in [2.24, 2.45) is 11.8 Å². The zero-order chi connectivity index (χ0) is 16.5. The van der Waals surface area contributed by atoms with Crippen LogP contribution in [0.5, 0.6) is 0 Å². The molecule has 5 aliphatic rings. The summed E-state index contributed by atoms with van der Waals surface area (Å²) in [6.45, 7) is 3.02. The number of fused-ring (bicyclic) bond motifs is 2. The zero-order valence-corrected chi connectivity index (χ0v) is 14.2. The van der Waals surface area contributed by atoms with Crippen molar-refractivity contribution in [3.8, 4) is 0 Å². The molecule has 0 aromatic heterocycles. The van der Waals surface area contributed by atoms with Gasteiger partial charge in [0, 0.05) is 18.0 Å². The Bertz CT molecular complexity index is 693. The number of anilines is 1. The number of nitrogens with one attached hydrogen (secondary N) is 1. The van der Waals surface area contributed by atoms with Crippen LogP contribution in [0.15, 0.2) is 24.3 Å². The van der Waals surface area contributed by atoms with Crippen molar-refractivity contribution in [3.05, 3.63) is 29.8 Å². The first-order valence-electron chi connectivity index (χ1n) is 9.06. The average molecular weight is 328 g/mol. The molecule has 4 heterocycles. The van der Waals surface area contributed by atoms with E-state index >= 15 is 0 Å². The van der Waals surface area contributed by atoms with Gasteiger partial charge in [0.25, 0.3) is 5.91 Å². The SMILES string of the molecule is CC[C@H]1N[C@H]2C[C@@]3(C(=O)N(OC)c4ccccc43)C3C[C@@H]1[C@@H]2CO3. The van der Waals surface area contributed by atoms with Crippen molar-refractivity contribution in [1.29, 1.82) is 0 Å². The highest BCUT2D eigenvalue weighted by atomic mass is 16.7. The summed E-state index contributed by atoms with van der Waals surface area (Å²) in [4.78, 5) is 18.9. The number of hydrogen-bond donors (Lipinski definition) is 1. The lowest BCUT2D eigenvalue weighted by atomic mass is 9.71. The molecule has 1 aliphatic carbocycles. The summed E-state index contributed by atoms with van der Waals surface area (Å²) in [6, 6.07) is 8.95. The summed E-state index contributed by atoms with van der Waals surface area (Å²) in [5.41, 5.74) is 1.35. The average Bonchev–Trinajstić information content (AvgIpc) is 2.96. The molecule has 1 unspecified atom stereocenters. The van der Waals surface area contributed by atoms with E-state index in [0.717, 1.165) is 37.1 Å². The number of hydroxylamine groups is 1. The van der Waals surface area contributed by atoms with Crippen LogP contribution in [0.25, 0.3) is 0 Å². The number of carbonyl (C=O) groups excluding carboxylic acids is 1. The predicted molar refractivity (Wildman–Crippen MR) is 89.6 cm³/mol. The summed E-state index contributed by atoms with van der Waals surface area (Å²) in [7, 11) is 1.57. The van der Waals surface area contributed by atoms with Crippen LogP contribution in [0, 0.1) is 11.8 Å². The minimum absolute atomic E-state index is 0.0410. The minimum Gasteiger partial charge on any atom is -0.376 e. The smallest absolute Gasteiger partial charge is 0.264 e. The van der Waals surface area contributed by atoms with Crippen LogP contribution in [0.4, 0.5) is 5.69 Å². The first-order chi connectivity index (χ1) is 11.7. The van der Waals surface area contributed by atoms with E-state index in [1.54, 1.807) is 7.11 Å². The van der Waals surface area contributed by atoms with Gasteiger partial charge in [-0.05, 0) is 36.8 Å². The molecule has 1 spiro atoms. The number of amides is 1. The molecule has 4 fully saturated rings. The standard InChI is InChI=1S/C19H24N2O3/c1-3-14-11-8-17-19(9-15(20-14)12(11)10-24-17)13-6-4-5-7-16(13)21(23-2)18(19)22/h4-7,11-12,14-15,17,20H,3,8-10H2,1-2H3/t11-,12+,14-,15+,17?,19+/m1/s1. The van der Waals surface area contributed by atoms with Crippen molar-refractivity contribution in [1.82, 2.24) is 5.32 Å². The van der Waals surface area contributed by atoms with Crippen LogP contribution in [-0.2, 0) is 19.8 Å². The molecule has 1 saturated carbocycles. The molecule has 4 aliphatic heterocycles. The molecule has 6 atom stereocenters. The van der Waals surface area contributed by atoms with Gasteiger partial charge in [-0.2, -0.15) is 5.06 Å². The molecule has 3 saturated heterocycles. The van der Waals surface area contributed by atoms with E-state index in [2.05, 4.69) is 18.3 Å². The van der Waals surface area contributed by atoms with Crippen LogP contribution in [-0.4, -0.2) is 37.8 Å². The van der Waals surface area contributed by atoms with Gasteiger partial charge >= 0.3 is 0 Å². The third-order valence-electron chi connectivity index (χ3n) is 6.87. The Hall–Kier alpha value is -1.43. The molecule has 1 N–H and O–H groups in total. The Morgan fingerprint density at radius 1 is 1.38 bits per heavy atom. The fourth-order valence-corrected chi connectivity index (χ4v) is 5.82. The number of nitrogens with zero attached hydrogens (tertiary/aromatic N) is 1. The normalized spacial score (nSPS) is 42.7. The van der Waals surface area contributed by atoms with Crippen LogP contribution in [0.2, 0.25) is 0 Å². The highest BCUT2D eigenvalue weighted by molar-refractivity contribution is 6.07. The van der Waals surface area contributed by atoms with Crippen LogP contribution < -0.4 is 10.4 Å². The Kier molecular flexibility index (Phi) is 3.12. The quantitative estimate of drug-likeness (QED) is 0.902. The van der Waals surface area contributed by atoms with Crippen molar-refractivity contribution < 1.29 is 14.4 Å². The second-order valence-corrected chi connectivity index (χ2v) is 7.65. The van der Waals surface area contributed by atoms with E-state index in [9.17, 15) is 4.79 Å². The van der Waals surface area contributed by atoms with E-state index in [-0.39, 0.29) is 12.0 Å². The van der Waals surface area contributed by atoms with Gasteiger partial charge in [0.1, 0.15) is 5.41 Å². The van der Waals surface area contributed by atoms with Crippen molar-refractivity contribution >= 4 is 11.6 Å². The van der Waals surface area contributed by atoms with Gasteiger partial charge in [-0.15, -0.1) is 0 Å². The van der Waals surface area contributed by atoms with Crippen LogP contribution in [0.1, 0.15) is 31.7 Å². The highest BCUT2D eigenvalue weighted by Gasteiger charge is 2.64. The third kappa shape index (κ3) is 1.63. The molecule has 1 amide bonds. The maximum Gasteiger partial charge on any atom is 0.264 e. The van der Waals surface area contributed by atoms with Gasteiger partial charge in [-0.25, -0.2) is 0 Å². The first kappa shape index (κ1) is 14.9. The Balaban J connectivity index is 1.66. The van der Waals surface area contributed by atoms with E-state index in [1.165, 1.54) is 5.06 Å². The van der Waals surface area contributed by atoms with Gasteiger partial charge in [0.05, 0.1) is 25.5 Å². The van der Waals surface area contributed by atoms with E-state index in [4.69, 9.17) is 9.57 Å². The second kappa shape index (κ2) is 5.04. The minimum atomic E-state index is -0.605. The van der Waals surface area contributed by atoms with Gasteiger partial charge < -0.3 is 10.1 Å². The Morgan fingerprint density at radius 2 is 2.21 bits per heavy atom. The first-order valence-corrected chi connectivity index (χ1v) is 9.06. The molecule has 1 aromatic rings. The van der Waals surface area contributed by atoms with Crippen molar-refractivity contribution in [2.45, 2.75) is 49.8 Å². The summed E-state index contributed by atoms with van der Waals surface area (Å²) in [5.74, 6) is 1.19. The molecule has 4 bridgehead atoms. The van der Waals surface area contributed by atoms with Gasteiger partial charge in [-0.1, -0.05) is 25.1 Å². The van der Waals surface area contributed by atoms with E-state index < -0.39 is 5.41 Å². The largest absolute Gasteiger partial charge is 0.376 e. The van der Waals surface area contributed by atoms with Crippen LogP contribution >= 0.6 is 0 Å². The molecule has 5 nitrogen and oxygen atoms in total. The van der Waals surface area contributed by atoms with Gasteiger partial charge in [-0.3, -0.25) is 9.63 Å². The lowest BCUT2D eigenvalue weighted by molar-refractivity contribution is -0.138. The number of ether oxygens (including phenoxy) is 1. The number of benzene rings is 1. The third-order valence-corrected chi connectivity index (χ3v) is 6.87. The maximum absolute atomic E-state index is 13.4. The number of carbonyl (C=O) groups is 1. The second-order valence-electron chi connectivity index (χ2n) is 7.65. The lowest BCUT2D eigenvalue weighted by Gasteiger charge is -2.40. The molecule has 24 heavy (non-hydrogen) atoms. The number of hydrogen-bond acceptors (Lipinski definition) is 4. The van der Waals surface area contributed by atoms with E-state index in [0.29, 0.717) is 23.9 Å².